The van der Waals surface area contributed by atoms with Crippen molar-refractivity contribution in [2.75, 3.05) is 11.5 Å². The summed E-state index contributed by atoms with van der Waals surface area (Å²) < 4.78 is 2.23. The monoisotopic (exact) mass is 514 g/mol. The summed E-state index contributed by atoms with van der Waals surface area (Å²) >= 11 is 10.3. The number of aromatic nitrogens is 4. The summed E-state index contributed by atoms with van der Waals surface area (Å²) in [6.45, 7) is 5.26. The molecule has 0 unspecified atom stereocenters. The average Bonchev–Trinajstić information content (AvgIpc) is 3.33. The number of carbonyl (C=O) groups is 3. The van der Waals surface area contributed by atoms with Crippen LogP contribution in [-0.4, -0.2) is 70.7 Å². The highest BCUT2D eigenvalue weighted by atomic mass is 35.5. The Morgan fingerprint density at radius 2 is 2.16 bits per heavy atom. The standard InChI is InChI=1S/C18H19ClN6O4S3/c1-7-11(19)4-20-25(7)8(2)14(26)21-12-15(27)24-13(17(28)29)10(5-30-16(12)24)6-31-18-23-22-9(3)32-18/h4,8,12,16H,5-6H2,1-3H3,(H,21,26)(H,28,29)/t8-,12-,16+/m0/s1. The van der Waals surface area contributed by atoms with Gasteiger partial charge in [-0.3, -0.25) is 19.2 Å². The largest absolute Gasteiger partial charge is 0.477 e. The number of fused-ring (bicyclic) bond motifs is 1. The van der Waals surface area contributed by atoms with Crippen molar-refractivity contribution in [2.45, 2.75) is 42.6 Å². The van der Waals surface area contributed by atoms with E-state index in [1.54, 1.807) is 13.8 Å². The maximum absolute atomic E-state index is 12.8. The van der Waals surface area contributed by atoms with Gasteiger partial charge in [0.1, 0.15) is 28.2 Å². The summed E-state index contributed by atoms with van der Waals surface area (Å²) in [6.07, 6.45) is 1.46. The van der Waals surface area contributed by atoms with E-state index < -0.39 is 29.3 Å². The molecular formula is C18H19ClN6O4S3. The van der Waals surface area contributed by atoms with Crippen LogP contribution in [0.15, 0.2) is 21.8 Å². The molecule has 4 rings (SSSR count). The van der Waals surface area contributed by atoms with Crippen molar-refractivity contribution in [1.29, 1.82) is 0 Å². The Morgan fingerprint density at radius 3 is 2.75 bits per heavy atom. The molecule has 2 aliphatic heterocycles. The summed E-state index contributed by atoms with van der Waals surface area (Å²) in [5, 5.41) is 25.4. The molecule has 0 aromatic carbocycles. The van der Waals surface area contributed by atoms with Crippen molar-refractivity contribution < 1.29 is 19.5 Å². The molecule has 10 nitrogen and oxygen atoms in total. The smallest absolute Gasteiger partial charge is 0.352 e. The van der Waals surface area contributed by atoms with E-state index in [0.717, 1.165) is 9.35 Å². The molecule has 3 atom stereocenters. The number of rotatable bonds is 7. The first-order chi connectivity index (χ1) is 15.2. The molecule has 2 N–H and O–H groups in total. The predicted molar refractivity (Wildman–Crippen MR) is 122 cm³/mol. The number of carbonyl (C=O) groups excluding carboxylic acids is 2. The van der Waals surface area contributed by atoms with Crippen LogP contribution in [0.1, 0.15) is 23.7 Å². The van der Waals surface area contributed by atoms with Crippen molar-refractivity contribution >= 4 is 64.2 Å². The molecule has 0 saturated carbocycles. The number of hydrogen-bond acceptors (Lipinski definition) is 9. The number of nitrogens with one attached hydrogen (secondary N) is 1. The minimum Gasteiger partial charge on any atom is -0.477 e. The van der Waals surface area contributed by atoms with Crippen molar-refractivity contribution in [2.24, 2.45) is 0 Å². The molecule has 4 heterocycles. The lowest BCUT2D eigenvalue weighted by molar-refractivity contribution is -0.151. The van der Waals surface area contributed by atoms with Crippen LogP contribution in [0.5, 0.6) is 0 Å². The lowest BCUT2D eigenvalue weighted by Crippen LogP contribution is -2.71. The summed E-state index contributed by atoms with van der Waals surface area (Å²) in [5.41, 5.74) is 1.28. The minimum absolute atomic E-state index is 0.0132. The zero-order valence-corrected chi connectivity index (χ0v) is 20.4. The van der Waals surface area contributed by atoms with Crippen LogP contribution in [0.2, 0.25) is 5.02 Å². The van der Waals surface area contributed by atoms with Gasteiger partial charge < -0.3 is 10.4 Å². The quantitative estimate of drug-likeness (QED) is 0.421. The molecule has 0 bridgehead atoms. The SMILES string of the molecule is Cc1nnc(SCC2=C(C(=O)O)N3C(=O)[C@H](NC(=O)[C@H](C)n4ncc(Cl)c4C)[C@H]3SC2)s1. The second-order valence-electron chi connectivity index (χ2n) is 7.23. The zero-order chi connectivity index (χ0) is 23.2. The number of nitrogens with zero attached hydrogens (tertiary/aromatic N) is 5. The van der Waals surface area contributed by atoms with Gasteiger partial charge in [-0.2, -0.15) is 5.10 Å². The number of hydrogen-bond donors (Lipinski definition) is 2. The predicted octanol–water partition coefficient (Wildman–Crippen LogP) is 2.10. The molecule has 1 saturated heterocycles. The van der Waals surface area contributed by atoms with Crippen molar-refractivity contribution in [3.63, 3.8) is 0 Å². The van der Waals surface area contributed by atoms with Crippen LogP contribution in [0.25, 0.3) is 0 Å². The third-order valence-electron chi connectivity index (χ3n) is 5.16. The Kier molecular flexibility index (Phi) is 6.52. The third-order valence-corrected chi connectivity index (χ3v) is 8.93. The zero-order valence-electron chi connectivity index (χ0n) is 17.2. The van der Waals surface area contributed by atoms with Gasteiger partial charge in [0.25, 0.3) is 5.91 Å². The molecule has 2 amide bonds. The van der Waals surface area contributed by atoms with Crippen molar-refractivity contribution in [3.05, 3.63) is 33.2 Å². The number of halogens is 1. The summed E-state index contributed by atoms with van der Waals surface area (Å²) in [7, 11) is 0. The van der Waals surface area contributed by atoms with Gasteiger partial charge in [-0.15, -0.1) is 22.0 Å². The maximum Gasteiger partial charge on any atom is 0.352 e. The van der Waals surface area contributed by atoms with E-state index in [0.29, 0.717) is 27.8 Å². The first kappa shape index (κ1) is 23.1. The summed E-state index contributed by atoms with van der Waals surface area (Å²) in [6, 6.07) is -1.47. The molecule has 0 aliphatic carbocycles. The van der Waals surface area contributed by atoms with Crippen LogP contribution < -0.4 is 5.32 Å². The lowest BCUT2D eigenvalue weighted by Gasteiger charge is -2.49. The Labute approximate surface area is 200 Å². The summed E-state index contributed by atoms with van der Waals surface area (Å²) in [5.74, 6) is -1.15. The van der Waals surface area contributed by atoms with E-state index in [-0.39, 0.29) is 11.6 Å². The summed E-state index contributed by atoms with van der Waals surface area (Å²) in [4.78, 5) is 38.8. The Bertz CT molecular complexity index is 1130. The Hall–Kier alpha value is -2.09. The maximum atomic E-state index is 12.8. The fraction of sp³-hybridized carbons (Fsp3) is 0.444. The molecule has 1 fully saturated rings. The molecule has 2 aromatic heterocycles. The molecular weight excluding hydrogens is 496 g/mol. The molecule has 0 radical (unpaired) electrons. The van der Waals surface area contributed by atoms with Crippen LogP contribution in [0.3, 0.4) is 0 Å². The van der Waals surface area contributed by atoms with Gasteiger partial charge in [0, 0.05) is 11.5 Å². The fourth-order valence-electron chi connectivity index (χ4n) is 3.46. The van der Waals surface area contributed by atoms with Crippen molar-refractivity contribution in [3.8, 4) is 0 Å². The molecule has 32 heavy (non-hydrogen) atoms. The average molecular weight is 515 g/mol. The van der Waals surface area contributed by atoms with Gasteiger partial charge in [0.05, 0.1) is 16.9 Å². The van der Waals surface area contributed by atoms with Crippen LogP contribution >= 0.6 is 46.5 Å². The van der Waals surface area contributed by atoms with Gasteiger partial charge in [0.15, 0.2) is 4.34 Å². The second-order valence-corrected chi connectivity index (χ2v) is 11.1. The molecule has 0 spiro atoms. The number of amides is 2. The van der Waals surface area contributed by atoms with Crippen molar-refractivity contribution in [1.82, 2.24) is 30.2 Å². The molecule has 2 aliphatic rings. The van der Waals surface area contributed by atoms with E-state index >= 15 is 0 Å². The van der Waals surface area contributed by atoms with Gasteiger partial charge in [-0.25, -0.2) is 4.79 Å². The van der Waals surface area contributed by atoms with E-state index in [9.17, 15) is 19.5 Å². The molecule has 14 heteroatoms. The highest BCUT2D eigenvalue weighted by Crippen LogP contribution is 2.42. The number of thioether (sulfide) groups is 2. The highest BCUT2D eigenvalue weighted by molar-refractivity contribution is 8.01. The van der Waals surface area contributed by atoms with E-state index in [2.05, 4.69) is 20.6 Å². The molecule has 170 valence electrons. The molecule has 2 aromatic rings. The number of aliphatic carboxylic acids is 1. The van der Waals surface area contributed by atoms with Gasteiger partial charge in [-0.1, -0.05) is 34.7 Å². The van der Waals surface area contributed by atoms with Crippen LogP contribution in [-0.2, 0) is 14.4 Å². The topological polar surface area (TPSA) is 130 Å². The Morgan fingerprint density at radius 1 is 1.41 bits per heavy atom. The fourth-order valence-corrected chi connectivity index (χ4v) is 6.89. The second kappa shape index (κ2) is 9.04. The van der Waals surface area contributed by atoms with Crippen LogP contribution in [0, 0.1) is 13.8 Å². The van der Waals surface area contributed by atoms with Gasteiger partial charge in [0.2, 0.25) is 5.91 Å². The Balaban J connectivity index is 1.46. The minimum atomic E-state index is -1.16. The number of aryl methyl sites for hydroxylation is 1. The first-order valence-electron chi connectivity index (χ1n) is 9.52. The first-order valence-corrected chi connectivity index (χ1v) is 12.7. The lowest BCUT2D eigenvalue weighted by atomic mass is 10.0. The normalized spacial score (nSPS) is 21.2. The number of carboxylic acids is 1. The third kappa shape index (κ3) is 4.14. The van der Waals surface area contributed by atoms with Gasteiger partial charge in [-0.05, 0) is 26.3 Å². The van der Waals surface area contributed by atoms with Gasteiger partial charge >= 0.3 is 5.97 Å². The van der Waals surface area contributed by atoms with E-state index in [1.165, 1.54) is 50.6 Å². The number of β-lactam (4-membered cyclic amide) rings is 1. The van der Waals surface area contributed by atoms with E-state index in [4.69, 9.17) is 11.6 Å². The highest BCUT2D eigenvalue weighted by Gasteiger charge is 2.54. The van der Waals surface area contributed by atoms with E-state index in [1.807, 2.05) is 6.92 Å². The number of carboxylic acid groups (broad SMARTS) is 1. The van der Waals surface area contributed by atoms with Crippen LogP contribution in [0.4, 0.5) is 0 Å².